The van der Waals surface area contributed by atoms with Crippen LogP contribution in [0.25, 0.3) is 11.5 Å². The third-order valence-electron chi connectivity index (χ3n) is 2.72. The van der Waals surface area contributed by atoms with Crippen LogP contribution in [0.15, 0.2) is 47.6 Å². The fourth-order valence-electron chi connectivity index (χ4n) is 1.64. The Morgan fingerprint density at radius 1 is 1.42 bits per heavy atom. The molecule has 0 spiro atoms. The fourth-order valence-corrected chi connectivity index (χ4v) is 1.64. The minimum atomic E-state index is -0.178. The quantitative estimate of drug-likeness (QED) is 0.836. The number of hydrogen-bond donors (Lipinski definition) is 1. The first-order chi connectivity index (χ1) is 9.19. The summed E-state index contributed by atoms with van der Waals surface area (Å²) in [5.41, 5.74) is 2.97. The van der Waals surface area contributed by atoms with E-state index in [9.17, 15) is 4.79 Å². The van der Waals surface area contributed by atoms with Gasteiger partial charge in [-0.3, -0.25) is 4.79 Å². The zero-order valence-electron chi connectivity index (χ0n) is 10.8. The highest BCUT2D eigenvalue weighted by molar-refractivity contribution is 5.86. The molecule has 0 fully saturated rings. The number of benzene rings is 1. The predicted octanol–water partition coefficient (Wildman–Crippen LogP) is 2.49. The maximum Gasteiger partial charge on any atom is 0.243 e. The normalized spacial score (nSPS) is 10.2. The van der Waals surface area contributed by atoms with E-state index >= 15 is 0 Å². The van der Waals surface area contributed by atoms with Gasteiger partial charge in [-0.2, -0.15) is 0 Å². The molecule has 1 heterocycles. The molecule has 0 radical (unpaired) electrons. The smallest absolute Gasteiger partial charge is 0.243 e. The Balaban J connectivity index is 1.97. The minimum Gasteiger partial charge on any atom is -0.444 e. The number of aromatic nitrogens is 1. The molecule has 0 aliphatic rings. The van der Waals surface area contributed by atoms with E-state index in [2.05, 4.69) is 16.9 Å². The van der Waals surface area contributed by atoms with Crippen LogP contribution in [-0.4, -0.2) is 17.4 Å². The Kier molecular flexibility index (Phi) is 4.13. The molecule has 0 unspecified atom stereocenters. The zero-order valence-corrected chi connectivity index (χ0v) is 10.8. The standard InChI is InChI=1S/C15H16N2O2/c1-3-14(18)16-9-8-13-10-19-15(17-13)12-6-4-11(2)5-7-12/h3-7,10H,1,8-9H2,2H3,(H,16,18). The van der Waals surface area contributed by atoms with Crippen molar-refractivity contribution in [3.8, 4) is 11.5 Å². The SMILES string of the molecule is C=CC(=O)NCCc1coc(-c2ccc(C)cc2)n1. The predicted molar refractivity (Wildman–Crippen MR) is 73.6 cm³/mol. The molecule has 2 rings (SSSR count). The van der Waals surface area contributed by atoms with Gasteiger partial charge in [-0.25, -0.2) is 4.98 Å². The molecular weight excluding hydrogens is 240 g/mol. The van der Waals surface area contributed by atoms with Crippen molar-refractivity contribution in [2.45, 2.75) is 13.3 Å². The molecule has 19 heavy (non-hydrogen) atoms. The molecule has 1 N–H and O–H groups in total. The van der Waals surface area contributed by atoms with Gasteiger partial charge in [0, 0.05) is 18.5 Å². The first kappa shape index (κ1) is 13.1. The van der Waals surface area contributed by atoms with Gasteiger partial charge in [0.1, 0.15) is 6.26 Å². The lowest BCUT2D eigenvalue weighted by molar-refractivity contribution is -0.116. The number of aryl methyl sites for hydroxylation is 1. The van der Waals surface area contributed by atoms with Gasteiger partial charge in [-0.1, -0.05) is 24.3 Å². The zero-order chi connectivity index (χ0) is 13.7. The second-order valence-electron chi connectivity index (χ2n) is 4.26. The third-order valence-corrected chi connectivity index (χ3v) is 2.72. The third kappa shape index (κ3) is 3.55. The van der Waals surface area contributed by atoms with E-state index in [0.29, 0.717) is 18.9 Å². The van der Waals surface area contributed by atoms with Gasteiger partial charge in [0.15, 0.2) is 0 Å². The van der Waals surface area contributed by atoms with Gasteiger partial charge in [0.2, 0.25) is 11.8 Å². The van der Waals surface area contributed by atoms with Crippen LogP contribution in [0.4, 0.5) is 0 Å². The molecule has 98 valence electrons. The highest BCUT2D eigenvalue weighted by atomic mass is 16.3. The van der Waals surface area contributed by atoms with Crippen LogP contribution in [0.1, 0.15) is 11.3 Å². The molecular formula is C15H16N2O2. The highest BCUT2D eigenvalue weighted by Crippen LogP contribution is 2.19. The summed E-state index contributed by atoms with van der Waals surface area (Å²) < 4.78 is 5.43. The lowest BCUT2D eigenvalue weighted by Crippen LogP contribution is -2.23. The van der Waals surface area contributed by atoms with E-state index in [1.807, 2.05) is 31.2 Å². The lowest BCUT2D eigenvalue weighted by atomic mass is 10.1. The number of nitrogens with one attached hydrogen (secondary N) is 1. The van der Waals surface area contributed by atoms with Crippen LogP contribution in [0.2, 0.25) is 0 Å². The summed E-state index contributed by atoms with van der Waals surface area (Å²) in [6.45, 7) is 5.94. The summed E-state index contributed by atoms with van der Waals surface area (Å²) in [6.07, 6.45) is 3.50. The molecule has 0 saturated carbocycles. The van der Waals surface area contributed by atoms with Crippen LogP contribution >= 0.6 is 0 Å². The molecule has 0 aliphatic heterocycles. The molecule has 2 aromatic rings. The van der Waals surface area contributed by atoms with E-state index in [4.69, 9.17) is 4.42 Å². The minimum absolute atomic E-state index is 0.178. The van der Waals surface area contributed by atoms with Crippen LogP contribution in [0.5, 0.6) is 0 Å². The number of hydrogen-bond acceptors (Lipinski definition) is 3. The van der Waals surface area contributed by atoms with E-state index in [1.165, 1.54) is 11.6 Å². The van der Waals surface area contributed by atoms with Crippen LogP contribution in [-0.2, 0) is 11.2 Å². The summed E-state index contributed by atoms with van der Waals surface area (Å²) in [7, 11) is 0. The summed E-state index contributed by atoms with van der Waals surface area (Å²) in [6, 6.07) is 7.99. The van der Waals surface area contributed by atoms with Crippen molar-refractivity contribution < 1.29 is 9.21 Å². The number of rotatable bonds is 5. The van der Waals surface area contributed by atoms with Crippen molar-refractivity contribution in [1.82, 2.24) is 10.3 Å². The van der Waals surface area contributed by atoms with Gasteiger partial charge in [0.25, 0.3) is 0 Å². The summed E-state index contributed by atoms with van der Waals surface area (Å²) >= 11 is 0. The maximum absolute atomic E-state index is 11.0. The average Bonchev–Trinajstić information content (AvgIpc) is 2.88. The maximum atomic E-state index is 11.0. The first-order valence-electron chi connectivity index (χ1n) is 6.11. The molecule has 0 atom stereocenters. The van der Waals surface area contributed by atoms with Crippen molar-refractivity contribution in [3.05, 3.63) is 54.4 Å². The topological polar surface area (TPSA) is 55.1 Å². The Morgan fingerprint density at radius 3 is 2.84 bits per heavy atom. The Bertz CT molecular complexity index is 570. The summed E-state index contributed by atoms with van der Waals surface area (Å²) in [5, 5.41) is 2.70. The number of amides is 1. The molecule has 4 heteroatoms. The van der Waals surface area contributed by atoms with Crippen LogP contribution < -0.4 is 5.32 Å². The molecule has 0 saturated heterocycles. The first-order valence-corrected chi connectivity index (χ1v) is 6.11. The van der Waals surface area contributed by atoms with E-state index in [1.54, 1.807) is 6.26 Å². The van der Waals surface area contributed by atoms with Gasteiger partial charge in [-0.15, -0.1) is 0 Å². The largest absolute Gasteiger partial charge is 0.444 e. The second kappa shape index (κ2) is 6.00. The van der Waals surface area contributed by atoms with Gasteiger partial charge < -0.3 is 9.73 Å². The summed E-state index contributed by atoms with van der Waals surface area (Å²) in [5.74, 6) is 0.423. The highest BCUT2D eigenvalue weighted by Gasteiger charge is 2.06. The van der Waals surface area contributed by atoms with Crippen LogP contribution in [0, 0.1) is 6.92 Å². The number of carbonyl (C=O) groups excluding carboxylic acids is 1. The lowest BCUT2D eigenvalue weighted by Gasteiger charge is -1.98. The molecule has 1 amide bonds. The molecule has 1 aromatic heterocycles. The molecule has 0 bridgehead atoms. The van der Waals surface area contributed by atoms with Crippen molar-refractivity contribution in [2.24, 2.45) is 0 Å². The molecule has 4 nitrogen and oxygen atoms in total. The number of oxazole rings is 1. The molecule has 0 aliphatic carbocycles. The van der Waals surface area contributed by atoms with Crippen molar-refractivity contribution in [2.75, 3.05) is 6.54 Å². The van der Waals surface area contributed by atoms with E-state index in [0.717, 1.165) is 11.3 Å². The Labute approximate surface area is 112 Å². The Hall–Kier alpha value is -2.36. The monoisotopic (exact) mass is 256 g/mol. The van der Waals surface area contributed by atoms with Crippen molar-refractivity contribution in [3.63, 3.8) is 0 Å². The Morgan fingerprint density at radius 2 is 2.16 bits per heavy atom. The van der Waals surface area contributed by atoms with Gasteiger partial charge in [-0.05, 0) is 25.1 Å². The van der Waals surface area contributed by atoms with Crippen molar-refractivity contribution >= 4 is 5.91 Å². The average molecular weight is 256 g/mol. The van der Waals surface area contributed by atoms with Gasteiger partial charge in [0.05, 0.1) is 5.69 Å². The second-order valence-corrected chi connectivity index (χ2v) is 4.26. The summed E-state index contributed by atoms with van der Waals surface area (Å²) in [4.78, 5) is 15.4. The van der Waals surface area contributed by atoms with Crippen LogP contribution in [0.3, 0.4) is 0 Å². The van der Waals surface area contributed by atoms with E-state index < -0.39 is 0 Å². The van der Waals surface area contributed by atoms with Gasteiger partial charge >= 0.3 is 0 Å². The molecule has 1 aromatic carbocycles. The number of carbonyl (C=O) groups is 1. The van der Waals surface area contributed by atoms with Crippen molar-refractivity contribution in [1.29, 1.82) is 0 Å². The fraction of sp³-hybridized carbons (Fsp3) is 0.200. The number of nitrogens with zero attached hydrogens (tertiary/aromatic N) is 1. The van der Waals surface area contributed by atoms with E-state index in [-0.39, 0.29) is 5.91 Å².